The quantitative estimate of drug-likeness (QED) is 0.659. The number of hydrogen-bond donors (Lipinski definition) is 1. The number of rotatable bonds is 6. The molecule has 0 radical (unpaired) electrons. The summed E-state index contributed by atoms with van der Waals surface area (Å²) in [5.74, 6) is 0.556. The molecular formula is C25H24N2O3. The van der Waals surface area contributed by atoms with Crippen molar-refractivity contribution < 1.29 is 14.3 Å². The highest BCUT2D eigenvalue weighted by Gasteiger charge is 2.25. The van der Waals surface area contributed by atoms with E-state index in [9.17, 15) is 9.59 Å². The van der Waals surface area contributed by atoms with Gasteiger partial charge in [-0.15, -0.1) is 0 Å². The molecule has 5 nitrogen and oxygen atoms in total. The standard InChI is InChI=1S/C25H24N2O3/c1-18(30-22-10-6-3-7-11-22)25(29)26-21-13-14-23-20(16-21)12-15-24(28)27(23)17-19-8-4-2-5-9-19/h2-11,13-14,16,18H,12,15,17H2,1H3,(H,26,29). The topological polar surface area (TPSA) is 58.6 Å². The van der Waals surface area contributed by atoms with Crippen molar-refractivity contribution in [2.45, 2.75) is 32.4 Å². The molecule has 0 fully saturated rings. The Bertz CT molecular complexity index is 1030. The molecule has 0 aliphatic carbocycles. The first-order chi connectivity index (χ1) is 14.6. The molecule has 1 unspecified atom stereocenters. The van der Waals surface area contributed by atoms with Crippen molar-refractivity contribution >= 4 is 23.2 Å². The van der Waals surface area contributed by atoms with Gasteiger partial charge in [-0.2, -0.15) is 0 Å². The van der Waals surface area contributed by atoms with Gasteiger partial charge in [0.25, 0.3) is 5.91 Å². The third-order valence-electron chi connectivity index (χ3n) is 5.16. The number of hydrogen-bond acceptors (Lipinski definition) is 3. The Morgan fingerprint density at radius 1 is 1.00 bits per heavy atom. The van der Waals surface area contributed by atoms with Crippen LogP contribution in [0.4, 0.5) is 11.4 Å². The van der Waals surface area contributed by atoms with Crippen LogP contribution < -0.4 is 15.0 Å². The van der Waals surface area contributed by atoms with Crippen LogP contribution in [0.15, 0.2) is 78.9 Å². The van der Waals surface area contributed by atoms with Gasteiger partial charge in [0.05, 0.1) is 6.54 Å². The van der Waals surface area contributed by atoms with Crippen LogP contribution in [0, 0.1) is 0 Å². The highest BCUT2D eigenvalue weighted by Crippen LogP contribution is 2.31. The SMILES string of the molecule is CC(Oc1ccccc1)C(=O)Nc1ccc2c(c1)CCC(=O)N2Cc1ccccc1. The minimum Gasteiger partial charge on any atom is -0.481 e. The molecule has 0 saturated carbocycles. The third kappa shape index (κ3) is 4.51. The van der Waals surface area contributed by atoms with E-state index in [-0.39, 0.29) is 11.8 Å². The van der Waals surface area contributed by atoms with Crippen LogP contribution in [0.25, 0.3) is 0 Å². The first-order valence-corrected chi connectivity index (χ1v) is 10.1. The minimum absolute atomic E-state index is 0.119. The van der Waals surface area contributed by atoms with Gasteiger partial charge in [0.1, 0.15) is 5.75 Å². The van der Waals surface area contributed by atoms with Crippen LogP contribution in [-0.4, -0.2) is 17.9 Å². The third-order valence-corrected chi connectivity index (χ3v) is 5.16. The molecule has 1 atom stereocenters. The van der Waals surface area contributed by atoms with E-state index >= 15 is 0 Å². The second-order valence-corrected chi connectivity index (χ2v) is 7.37. The number of ether oxygens (including phenoxy) is 1. The lowest BCUT2D eigenvalue weighted by Crippen LogP contribution is -2.34. The molecule has 1 aliphatic heterocycles. The highest BCUT2D eigenvalue weighted by molar-refractivity contribution is 5.98. The number of nitrogens with zero attached hydrogens (tertiary/aromatic N) is 1. The Balaban J connectivity index is 1.46. The van der Waals surface area contributed by atoms with Crippen LogP contribution in [0.2, 0.25) is 0 Å². The van der Waals surface area contributed by atoms with E-state index < -0.39 is 6.10 Å². The van der Waals surface area contributed by atoms with E-state index in [1.54, 1.807) is 6.92 Å². The number of nitrogens with one attached hydrogen (secondary N) is 1. The molecule has 0 saturated heterocycles. The minimum atomic E-state index is -0.625. The lowest BCUT2D eigenvalue weighted by atomic mass is 9.99. The van der Waals surface area contributed by atoms with Gasteiger partial charge in [0.2, 0.25) is 5.91 Å². The molecule has 0 aromatic heterocycles. The first-order valence-electron chi connectivity index (χ1n) is 10.1. The van der Waals surface area contributed by atoms with Gasteiger partial charge in [0, 0.05) is 17.8 Å². The average molecular weight is 400 g/mol. The zero-order valence-corrected chi connectivity index (χ0v) is 16.9. The summed E-state index contributed by atoms with van der Waals surface area (Å²) in [6.45, 7) is 2.27. The van der Waals surface area contributed by atoms with Crippen LogP contribution >= 0.6 is 0 Å². The number of fused-ring (bicyclic) bond motifs is 1. The molecule has 152 valence electrons. The fraction of sp³-hybridized carbons (Fsp3) is 0.200. The van der Waals surface area contributed by atoms with E-state index in [4.69, 9.17) is 4.74 Å². The summed E-state index contributed by atoms with van der Waals surface area (Å²) >= 11 is 0. The number of aryl methyl sites for hydroxylation is 1. The summed E-state index contributed by atoms with van der Waals surface area (Å²) in [6.07, 6.45) is 0.504. The number of benzene rings is 3. The lowest BCUT2D eigenvalue weighted by molar-refractivity contribution is -0.122. The second-order valence-electron chi connectivity index (χ2n) is 7.37. The molecule has 5 heteroatoms. The summed E-state index contributed by atoms with van der Waals surface area (Å²) in [4.78, 5) is 26.9. The van der Waals surface area contributed by atoms with E-state index in [0.717, 1.165) is 16.8 Å². The number of carbonyl (C=O) groups excluding carboxylic acids is 2. The predicted octanol–water partition coefficient (Wildman–Crippen LogP) is 4.57. The van der Waals surface area contributed by atoms with Crippen molar-refractivity contribution in [2.75, 3.05) is 10.2 Å². The monoisotopic (exact) mass is 400 g/mol. The number of para-hydroxylation sites is 1. The van der Waals surface area contributed by atoms with Gasteiger partial charge >= 0.3 is 0 Å². The summed E-state index contributed by atoms with van der Waals surface area (Å²) in [7, 11) is 0. The normalized spacial score (nSPS) is 14.0. The van der Waals surface area contributed by atoms with Gasteiger partial charge in [-0.25, -0.2) is 0 Å². The summed E-state index contributed by atoms with van der Waals surface area (Å²) in [5, 5.41) is 2.92. The van der Waals surface area contributed by atoms with Crippen LogP contribution in [0.1, 0.15) is 24.5 Å². The smallest absolute Gasteiger partial charge is 0.265 e. The Kier molecular flexibility index (Phi) is 5.80. The number of carbonyl (C=O) groups is 2. The zero-order chi connectivity index (χ0) is 20.9. The van der Waals surface area contributed by atoms with E-state index in [1.165, 1.54) is 0 Å². The maximum Gasteiger partial charge on any atom is 0.265 e. The first kappa shape index (κ1) is 19.7. The Hall–Kier alpha value is -3.60. The van der Waals surface area contributed by atoms with E-state index in [0.29, 0.717) is 30.8 Å². The molecule has 1 N–H and O–H groups in total. The van der Waals surface area contributed by atoms with E-state index in [1.807, 2.05) is 83.8 Å². The van der Waals surface area contributed by atoms with E-state index in [2.05, 4.69) is 5.32 Å². The van der Waals surface area contributed by atoms with Crippen molar-refractivity contribution in [1.29, 1.82) is 0 Å². The Morgan fingerprint density at radius 2 is 1.70 bits per heavy atom. The largest absolute Gasteiger partial charge is 0.481 e. The fourth-order valence-electron chi connectivity index (χ4n) is 3.58. The van der Waals surface area contributed by atoms with Gasteiger partial charge in [-0.05, 0) is 54.8 Å². The zero-order valence-electron chi connectivity index (χ0n) is 16.9. The molecule has 1 aliphatic rings. The molecular weight excluding hydrogens is 376 g/mol. The molecule has 0 spiro atoms. The van der Waals surface area contributed by atoms with Crippen molar-refractivity contribution in [2.24, 2.45) is 0 Å². The maximum atomic E-state index is 12.5. The molecule has 3 aromatic rings. The van der Waals surface area contributed by atoms with Crippen molar-refractivity contribution in [3.8, 4) is 5.75 Å². The highest BCUT2D eigenvalue weighted by atomic mass is 16.5. The Morgan fingerprint density at radius 3 is 2.43 bits per heavy atom. The van der Waals surface area contributed by atoms with Crippen molar-refractivity contribution in [3.63, 3.8) is 0 Å². The fourth-order valence-corrected chi connectivity index (χ4v) is 3.58. The molecule has 2 amide bonds. The van der Waals surface area contributed by atoms with Crippen LogP contribution in [-0.2, 0) is 22.6 Å². The van der Waals surface area contributed by atoms with Crippen molar-refractivity contribution in [1.82, 2.24) is 0 Å². The number of anilines is 2. The Labute approximate surface area is 176 Å². The molecule has 1 heterocycles. The van der Waals surface area contributed by atoms with Crippen LogP contribution in [0.3, 0.4) is 0 Å². The number of amides is 2. The second kappa shape index (κ2) is 8.82. The predicted molar refractivity (Wildman–Crippen MR) is 118 cm³/mol. The van der Waals surface area contributed by atoms with Crippen molar-refractivity contribution in [3.05, 3.63) is 90.0 Å². The summed E-state index contributed by atoms with van der Waals surface area (Å²) in [5.41, 5.74) is 3.75. The maximum absolute atomic E-state index is 12.5. The molecule has 0 bridgehead atoms. The van der Waals surface area contributed by atoms with Gasteiger partial charge in [0.15, 0.2) is 6.10 Å². The van der Waals surface area contributed by atoms with Crippen LogP contribution in [0.5, 0.6) is 5.75 Å². The van der Waals surface area contributed by atoms with Gasteiger partial charge < -0.3 is 15.0 Å². The summed E-state index contributed by atoms with van der Waals surface area (Å²) < 4.78 is 5.69. The molecule has 3 aromatic carbocycles. The molecule has 4 rings (SSSR count). The van der Waals surface area contributed by atoms with Gasteiger partial charge in [-0.3, -0.25) is 9.59 Å². The lowest BCUT2D eigenvalue weighted by Gasteiger charge is -2.30. The summed E-state index contributed by atoms with van der Waals surface area (Å²) in [6, 6.07) is 24.9. The molecule has 30 heavy (non-hydrogen) atoms. The average Bonchev–Trinajstić information content (AvgIpc) is 2.77. The van der Waals surface area contributed by atoms with Gasteiger partial charge in [-0.1, -0.05) is 48.5 Å².